The summed E-state index contributed by atoms with van der Waals surface area (Å²) in [7, 11) is 0. The highest BCUT2D eigenvalue weighted by Gasteiger charge is 2.38. The van der Waals surface area contributed by atoms with Crippen LogP contribution in [0.5, 0.6) is 0 Å². The van der Waals surface area contributed by atoms with Gasteiger partial charge in [-0.25, -0.2) is 0 Å². The van der Waals surface area contributed by atoms with E-state index in [-0.39, 0.29) is 5.91 Å². The minimum Gasteiger partial charge on any atom is -0.352 e. The zero-order valence-corrected chi connectivity index (χ0v) is 13.4. The van der Waals surface area contributed by atoms with Gasteiger partial charge >= 0.3 is 0 Å². The zero-order chi connectivity index (χ0) is 15.7. The smallest absolute Gasteiger partial charge is 0.261 e. The molecule has 114 valence electrons. The molecule has 0 radical (unpaired) electrons. The number of alkyl halides is 1. The minimum atomic E-state index is -0.483. The van der Waals surface area contributed by atoms with E-state index in [1.807, 2.05) is 68.4 Å². The maximum Gasteiger partial charge on any atom is 0.261 e. The van der Waals surface area contributed by atoms with Crippen LogP contribution in [0.25, 0.3) is 0 Å². The Morgan fingerprint density at radius 3 is 2.41 bits per heavy atom. The molecule has 3 nitrogen and oxygen atoms in total. The van der Waals surface area contributed by atoms with Crippen molar-refractivity contribution in [2.45, 2.75) is 24.9 Å². The second-order valence-corrected chi connectivity index (χ2v) is 7.00. The van der Waals surface area contributed by atoms with Gasteiger partial charge in [0.1, 0.15) is 0 Å². The van der Waals surface area contributed by atoms with Gasteiger partial charge in [0.2, 0.25) is 0 Å². The number of para-hydroxylation sites is 1. The van der Waals surface area contributed by atoms with Gasteiger partial charge in [-0.1, -0.05) is 36.4 Å². The first-order chi connectivity index (χ1) is 10.5. The lowest BCUT2D eigenvalue weighted by Crippen LogP contribution is -2.32. The lowest BCUT2D eigenvalue weighted by molar-refractivity contribution is 0.0419. The summed E-state index contributed by atoms with van der Waals surface area (Å²) in [5.41, 5.74) is 2.39. The van der Waals surface area contributed by atoms with Crippen molar-refractivity contribution in [1.82, 2.24) is 0 Å². The highest BCUT2D eigenvalue weighted by atomic mass is 35.5. The van der Waals surface area contributed by atoms with Gasteiger partial charge in [0.25, 0.3) is 5.91 Å². The highest BCUT2D eigenvalue weighted by Crippen LogP contribution is 2.38. The largest absolute Gasteiger partial charge is 0.352 e. The fraction of sp³-hybridized carbons (Fsp3) is 0.278. The number of nitrogens with zero attached hydrogens (tertiary/aromatic N) is 1. The number of carbonyl (C=O) groups excluding carboxylic acids is 1. The molecule has 0 spiro atoms. The maximum absolute atomic E-state index is 12.7. The Morgan fingerprint density at radius 2 is 1.73 bits per heavy atom. The molecule has 22 heavy (non-hydrogen) atoms. The molecule has 1 aliphatic heterocycles. The monoisotopic (exact) mass is 315 g/mol. The molecule has 4 heteroatoms. The average molecular weight is 316 g/mol. The Hall–Kier alpha value is -1.84. The first kappa shape index (κ1) is 15.1. The van der Waals surface area contributed by atoms with E-state index in [0.29, 0.717) is 12.2 Å². The number of rotatable bonds is 4. The van der Waals surface area contributed by atoms with Crippen LogP contribution in [0.4, 0.5) is 5.69 Å². The summed E-state index contributed by atoms with van der Waals surface area (Å²) in [5, 5.41) is 0. The van der Waals surface area contributed by atoms with Crippen molar-refractivity contribution in [3.63, 3.8) is 0 Å². The molecule has 1 atom stereocenters. The lowest BCUT2D eigenvalue weighted by Gasteiger charge is -2.28. The average Bonchev–Trinajstić information content (AvgIpc) is 2.78. The SMILES string of the molecule is CC(C)(Cl)COC1c2ccccc2C(=O)N1c1ccccc1. The minimum absolute atomic E-state index is 0.0424. The van der Waals surface area contributed by atoms with Crippen molar-refractivity contribution >= 4 is 23.2 Å². The van der Waals surface area contributed by atoms with Gasteiger partial charge in [-0.3, -0.25) is 9.69 Å². The van der Waals surface area contributed by atoms with Crippen molar-refractivity contribution in [3.05, 3.63) is 65.7 Å². The van der Waals surface area contributed by atoms with Crippen LogP contribution in [0.1, 0.15) is 36.0 Å². The third kappa shape index (κ3) is 2.87. The summed E-state index contributed by atoms with van der Waals surface area (Å²) in [6, 6.07) is 17.1. The third-order valence-electron chi connectivity index (χ3n) is 3.53. The van der Waals surface area contributed by atoms with Crippen molar-refractivity contribution < 1.29 is 9.53 Å². The number of fused-ring (bicyclic) bond motifs is 1. The van der Waals surface area contributed by atoms with Gasteiger partial charge in [0, 0.05) is 16.8 Å². The zero-order valence-electron chi connectivity index (χ0n) is 12.6. The number of carbonyl (C=O) groups is 1. The first-order valence-electron chi connectivity index (χ1n) is 7.25. The molecular formula is C18H18ClNO2. The van der Waals surface area contributed by atoms with Crippen molar-refractivity contribution in [3.8, 4) is 0 Å². The van der Waals surface area contributed by atoms with Crippen LogP contribution in [-0.2, 0) is 4.74 Å². The molecule has 0 bridgehead atoms. The number of anilines is 1. The van der Waals surface area contributed by atoms with Gasteiger partial charge in [0.05, 0.1) is 11.5 Å². The normalized spacial score (nSPS) is 17.7. The highest BCUT2D eigenvalue weighted by molar-refractivity contribution is 6.23. The second kappa shape index (κ2) is 5.75. The molecule has 2 aromatic carbocycles. The standard InChI is InChI=1S/C18H18ClNO2/c1-18(2,19)12-22-17-15-11-7-6-10-14(15)16(21)20(17)13-8-4-3-5-9-13/h3-11,17H,12H2,1-2H3. The summed E-state index contributed by atoms with van der Waals surface area (Å²) in [6.45, 7) is 4.14. The Kier molecular flexibility index (Phi) is 3.94. The molecule has 0 fully saturated rings. The van der Waals surface area contributed by atoms with Crippen LogP contribution in [0.3, 0.4) is 0 Å². The number of hydrogen-bond donors (Lipinski definition) is 0. The topological polar surface area (TPSA) is 29.5 Å². The van der Waals surface area contributed by atoms with Crippen LogP contribution in [-0.4, -0.2) is 17.4 Å². The predicted octanol–water partition coefficient (Wildman–Crippen LogP) is 4.38. The molecule has 0 aromatic heterocycles. The van der Waals surface area contributed by atoms with E-state index < -0.39 is 11.1 Å². The van der Waals surface area contributed by atoms with E-state index in [1.165, 1.54) is 0 Å². The van der Waals surface area contributed by atoms with Gasteiger partial charge in [-0.15, -0.1) is 11.6 Å². The Morgan fingerprint density at radius 1 is 1.09 bits per heavy atom. The van der Waals surface area contributed by atoms with Gasteiger partial charge < -0.3 is 4.74 Å². The number of halogens is 1. The van der Waals surface area contributed by atoms with Crippen molar-refractivity contribution in [2.75, 3.05) is 11.5 Å². The molecule has 0 aliphatic carbocycles. The van der Waals surface area contributed by atoms with Gasteiger partial charge in [-0.2, -0.15) is 0 Å². The van der Waals surface area contributed by atoms with E-state index in [9.17, 15) is 4.79 Å². The van der Waals surface area contributed by atoms with Crippen LogP contribution in [0.15, 0.2) is 54.6 Å². The number of hydrogen-bond acceptors (Lipinski definition) is 2. The van der Waals surface area contributed by atoms with Crippen molar-refractivity contribution in [2.24, 2.45) is 0 Å². The van der Waals surface area contributed by atoms with Crippen LogP contribution >= 0.6 is 11.6 Å². The summed E-state index contributed by atoms with van der Waals surface area (Å²) >= 11 is 6.24. The lowest BCUT2D eigenvalue weighted by atomic mass is 10.1. The van der Waals surface area contributed by atoms with Crippen LogP contribution < -0.4 is 4.90 Å². The molecule has 3 rings (SSSR count). The van der Waals surface area contributed by atoms with Crippen molar-refractivity contribution in [1.29, 1.82) is 0 Å². The first-order valence-corrected chi connectivity index (χ1v) is 7.63. The van der Waals surface area contributed by atoms with E-state index in [0.717, 1.165) is 11.3 Å². The molecule has 1 heterocycles. The number of benzene rings is 2. The Balaban J connectivity index is 1.99. The second-order valence-electron chi connectivity index (χ2n) is 5.98. The molecule has 1 aliphatic rings. The molecule has 2 aromatic rings. The van der Waals surface area contributed by atoms with Gasteiger partial charge in [-0.05, 0) is 32.0 Å². The molecule has 1 amide bonds. The molecular weight excluding hydrogens is 298 g/mol. The summed E-state index contributed by atoms with van der Waals surface area (Å²) < 4.78 is 6.00. The Bertz CT molecular complexity index is 679. The fourth-order valence-corrected chi connectivity index (χ4v) is 2.63. The fourth-order valence-electron chi connectivity index (χ4n) is 2.57. The van der Waals surface area contributed by atoms with E-state index >= 15 is 0 Å². The van der Waals surface area contributed by atoms with E-state index in [1.54, 1.807) is 4.90 Å². The van der Waals surface area contributed by atoms with E-state index in [4.69, 9.17) is 16.3 Å². The molecule has 0 saturated carbocycles. The maximum atomic E-state index is 12.7. The van der Waals surface area contributed by atoms with Crippen LogP contribution in [0, 0.1) is 0 Å². The molecule has 0 saturated heterocycles. The van der Waals surface area contributed by atoms with Crippen LogP contribution in [0.2, 0.25) is 0 Å². The number of amides is 1. The summed E-state index contributed by atoms with van der Waals surface area (Å²) in [4.78, 5) is 13.9. The molecule has 1 unspecified atom stereocenters. The quantitative estimate of drug-likeness (QED) is 0.784. The predicted molar refractivity (Wildman–Crippen MR) is 88.3 cm³/mol. The van der Waals surface area contributed by atoms with E-state index in [2.05, 4.69) is 0 Å². The Labute approximate surface area is 135 Å². The molecule has 0 N–H and O–H groups in total. The summed E-state index contributed by atoms with van der Waals surface area (Å²) in [6.07, 6.45) is -0.441. The third-order valence-corrected chi connectivity index (χ3v) is 3.64. The summed E-state index contributed by atoms with van der Waals surface area (Å²) in [5.74, 6) is -0.0424. The number of ether oxygens (including phenoxy) is 1. The van der Waals surface area contributed by atoms with Gasteiger partial charge in [0.15, 0.2) is 6.23 Å².